The molecule has 3 rings (SSSR count). The second kappa shape index (κ2) is 8.23. The van der Waals surface area contributed by atoms with Crippen LogP contribution in [0, 0.1) is 0 Å². The van der Waals surface area contributed by atoms with E-state index in [1.165, 1.54) is 7.11 Å². The third kappa shape index (κ3) is 4.36. The van der Waals surface area contributed by atoms with Crippen molar-refractivity contribution in [1.82, 2.24) is 0 Å². The Balaban J connectivity index is 1.68. The summed E-state index contributed by atoms with van der Waals surface area (Å²) in [5, 5.41) is 4.48. The molecule has 138 valence electrons. The average molecular weight is 365 g/mol. The number of carbonyl (C=O) groups excluding carboxylic acids is 2. The van der Waals surface area contributed by atoms with Crippen LogP contribution >= 0.6 is 0 Å². The molecule has 6 heteroatoms. The normalized spacial score (nSPS) is 10.3. The van der Waals surface area contributed by atoms with Gasteiger partial charge in [-0.15, -0.1) is 0 Å². The van der Waals surface area contributed by atoms with Crippen LogP contribution in [0.25, 0.3) is 10.8 Å². The summed E-state index contributed by atoms with van der Waals surface area (Å²) in [5.41, 5.74) is 0.823. The summed E-state index contributed by atoms with van der Waals surface area (Å²) in [6.45, 7) is -0.411. The molecule has 0 aromatic heterocycles. The first-order valence-electron chi connectivity index (χ1n) is 8.28. The van der Waals surface area contributed by atoms with E-state index in [2.05, 4.69) is 5.32 Å². The highest BCUT2D eigenvalue weighted by Crippen LogP contribution is 2.26. The topological polar surface area (TPSA) is 73.9 Å². The fourth-order valence-corrected chi connectivity index (χ4v) is 2.65. The lowest BCUT2D eigenvalue weighted by Gasteiger charge is -2.11. The quantitative estimate of drug-likeness (QED) is 0.675. The monoisotopic (exact) mass is 365 g/mol. The Morgan fingerprint density at radius 3 is 2.33 bits per heavy atom. The van der Waals surface area contributed by atoms with Gasteiger partial charge in [-0.05, 0) is 35.0 Å². The predicted octanol–water partition coefficient (Wildman–Crippen LogP) is 3.65. The Kier molecular flexibility index (Phi) is 5.56. The number of hydrogen-bond acceptors (Lipinski definition) is 5. The van der Waals surface area contributed by atoms with E-state index in [1.807, 2.05) is 24.3 Å². The minimum Gasteiger partial charge on any atom is -0.497 e. The molecule has 6 nitrogen and oxygen atoms in total. The summed E-state index contributed by atoms with van der Waals surface area (Å²) in [4.78, 5) is 24.5. The number of rotatable bonds is 6. The second-order valence-electron chi connectivity index (χ2n) is 5.76. The van der Waals surface area contributed by atoms with Gasteiger partial charge in [-0.2, -0.15) is 0 Å². The Morgan fingerprint density at radius 2 is 1.63 bits per heavy atom. The maximum absolute atomic E-state index is 12.4. The van der Waals surface area contributed by atoms with Crippen molar-refractivity contribution in [3.05, 3.63) is 66.2 Å². The first-order valence-corrected chi connectivity index (χ1v) is 8.28. The molecule has 0 fully saturated rings. The summed E-state index contributed by atoms with van der Waals surface area (Å²) in [6, 6.07) is 18.0. The zero-order chi connectivity index (χ0) is 19.2. The van der Waals surface area contributed by atoms with Crippen LogP contribution in [-0.4, -0.2) is 32.7 Å². The predicted molar refractivity (Wildman–Crippen MR) is 102 cm³/mol. The molecule has 0 saturated heterocycles. The fourth-order valence-electron chi connectivity index (χ4n) is 2.65. The number of nitrogens with one attached hydrogen (secondary N) is 1. The van der Waals surface area contributed by atoms with E-state index >= 15 is 0 Å². The molecule has 0 aliphatic rings. The largest absolute Gasteiger partial charge is 0.497 e. The van der Waals surface area contributed by atoms with Crippen LogP contribution in [0.5, 0.6) is 11.5 Å². The van der Waals surface area contributed by atoms with Crippen LogP contribution in [0.15, 0.2) is 60.7 Å². The Bertz CT molecular complexity index is 983. The molecule has 0 heterocycles. The van der Waals surface area contributed by atoms with Crippen molar-refractivity contribution in [2.75, 3.05) is 26.1 Å². The number of benzene rings is 3. The SMILES string of the molecule is COc1cccc(NC(=O)COC(=O)c2cc3ccccc3cc2OC)c1. The van der Waals surface area contributed by atoms with Crippen molar-refractivity contribution in [3.8, 4) is 11.5 Å². The van der Waals surface area contributed by atoms with Crippen LogP contribution in [0.3, 0.4) is 0 Å². The zero-order valence-electron chi connectivity index (χ0n) is 15.0. The fraction of sp³-hybridized carbons (Fsp3) is 0.143. The number of esters is 1. The van der Waals surface area contributed by atoms with Crippen molar-refractivity contribution >= 4 is 28.3 Å². The van der Waals surface area contributed by atoms with Gasteiger partial charge in [0.2, 0.25) is 0 Å². The number of fused-ring (bicyclic) bond motifs is 1. The molecule has 1 amide bonds. The van der Waals surface area contributed by atoms with Gasteiger partial charge < -0.3 is 19.5 Å². The molecular formula is C21H19NO5. The van der Waals surface area contributed by atoms with Gasteiger partial charge in [-0.25, -0.2) is 4.79 Å². The number of carbonyl (C=O) groups is 2. The maximum Gasteiger partial charge on any atom is 0.342 e. The average Bonchev–Trinajstić information content (AvgIpc) is 2.71. The molecule has 0 saturated carbocycles. The van der Waals surface area contributed by atoms with Crippen LogP contribution in [0.1, 0.15) is 10.4 Å². The number of methoxy groups -OCH3 is 2. The van der Waals surface area contributed by atoms with Gasteiger partial charge in [0.25, 0.3) is 5.91 Å². The van der Waals surface area contributed by atoms with Crippen LogP contribution in [-0.2, 0) is 9.53 Å². The minimum atomic E-state index is -0.626. The molecule has 27 heavy (non-hydrogen) atoms. The Morgan fingerprint density at radius 1 is 0.889 bits per heavy atom. The molecule has 0 aliphatic heterocycles. The molecule has 0 spiro atoms. The van der Waals surface area contributed by atoms with E-state index in [-0.39, 0.29) is 5.56 Å². The van der Waals surface area contributed by atoms with Crippen LogP contribution < -0.4 is 14.8 Å². The van der Waals surface area contributed by atoms with E-state index < -0.39 is 18.5 Å². The summed E-state index contributed by atoms with van der Waals surface area (Å²) < 4.78 is 15.5. The second-order valence-corrected chi connectivity index (χ2v) is 5.76. The van der Waals surface area contributed by atoms with Crippen molar-refractivity contribution in [2.45, 2.75) is 0 Å². The van der Waals surface area contributed by atoms with Gasteiger partial charge in [0.1, 0.15) is 17.1 Å². The molecular weight excluding hydrogens is 346 g/mol. The number of amides is 1. The third-order valence-corrected chi connectivity index (χ3v) is 3.98. The smallest absolute Gasteiger partial charge is 0.342 e. The molecule has 3 aromatic carbocycles. The highest BCUT2D eigenvalue weighted by Gasteiger charge is 2.16. The highest BCUT2D eigenvalue weighted by molar-refractivity contribution is 6.00. The Hall–Kier alpha value is -3.54. The van der Waals surface area contributed by atoms with Crippen molar-refractivity contribution in [3.63, 3.8) is 0 Å². The molecule has 0 aliphatic carbocycles. The van der Waals surface area contributed by atoms with Crippen molar-refractivity contribution in [2.24, 2.45) is 0 Å². The van der Waals surface area contributed by atoms with Gasteiger partial charge in [0.05, 0.1) is 14.2 Å². The van der Waals surface area contributed by atoms with Gasteiger partial charge in [-0.1, -0.05) is 30.3 Å². The maximum atomic E-state index is 12.4. The van der Waals surface area contributed by atoms with Gasteiger partial charge in [-0.3, -0.25) is 4.79 Å². The lowest BCUT2D eigenvalue weighted by Crippen LogP contribution is -2.21. The molecule has 0 unspecified atom stereocenters. The van der Waals surface area contributed by atoms with E-state index in [1.54, 1.807) is 43.5 Å². The zero-order valence-corrected chi connectivity index (χ0v) is 15.0. The van der Waals surface area contributed by atoms with E-state index in [4.69, 9.17) is 14.2 Å². The molecule has 0 radical (unpaired) electrons. The van der Waals surface area contributed by atoms with Crippen LogP contribution in [0.2, 0.25) is 0 Å². The first kappa shape index (κ1) is 18.3. The Labute approximate surface area is 156 Å². The molecule has 3 aromatic rings. The minimum absolute atomic E-state index is 0.269. The van der Waals surface area contributed by atoms with E-state index in [0.717, 1.165) is 10.8 Å². The van der Waals surface area contributed by atoms with Gasteiger partial charge in [0.15, 0.2) is 6.61 Å². The summed E-state index contributed by atoms with van der Waals surface area (Å²) in [7, 11) is 3.02. The molecule has 1 N–H and O–H groups in total. The number of ether oxygens (including phenoxy) is 3. The van der Waals surface area contributed by atoms with E-state index in [9.17, 15) is 9.59 Å². The van der Waals surface area contributed by atoms with Gasteiger partial charge >= 0.3 is 5.97 Å². The number of anilines is 1. The standard InChI is InChI=1S/C21H19NO5/c1-25-17-9-5-8-16(12-17)22-20(23)13-27-21(24)18-10-14-6-3-4-7-15(14)11-19(18)26-2/h3-12H,13H2,1-2H3,(H,22,23). The summed E-state index contributed by atoms with van der Waals surface area (Å²) in [6.07, 6.45) is 0. The lowest BCUT2D eigenvalue weighted by molar-refractivity contribution is -0.119. The molecule has 0 atom stereocenters. The summed E-state index contributed by atoms with van der Waals surface area (Å²) >= 11 is 0. The van der Waals surface area contributed by atoms with Crippen LogP contribution in [0.4, 0.5) is 5.69 Å². The van der Waals surface area contributed by atoms with E-state index in [0.29, 0.717) is 17.2 Å². The molecule has 0 bridgehead atoms. The lowest BCUT2D eigenvalue weighted by atomic mass is 10.1. The third-order valence-electron chi connectivity index (χ3n) is 3.98. The van der Waals surface area contributed by atoms with Gasteiger partial charge in [0, 0.05) is 11.8 Å². The highest BCUT2D eigenvalue weighted by atomic mass is 16.5. The first-order chi connectivity index (χ1) is 13.1. The summed E-state index contributed by atoms with van der Waals surface area (Å²) in [5.74, 6) is -0.0626. The number of hydrogen-bond donors (Lipinski definition) is 1. The van der Waals surface area contributed by atoms with Crippen molar-refractivity contribution < 1.29 is 23.8 Å². The van der Waals surface area contributed by atoms with Crippen molar-refractivity contribution in [1.29, 1.82) is 0 Å².